The largest absolute Gasteiger partial charge is 0.842 e. The molecule has 2 heterocycles. The Labute approximate surface area is 138 Å². The van der Waals surface area contributed by atoms with Crippen molar-refractivity contribution < 1.29 is 9.67 Å². The number of fused-ring (bicyclic) bond motifs is 1. The van der Waals surface area contributed by atoms with Crippen LogP contribution in [0.2, 0.25) is 5.02 Å². The molecule has 0 unspecified atom stereocenters. The van der Waals surface area contributed by atoms with Crippen LogP contribution < -0.4 is 15.2 Å². The minimum absolute atomic E-state index is 0.216. The molecule has 5 heteroatoms. The van der Waals surface area contributed by atoms with Crippen molar-refractivity contribution in [2.24, 2.45) is 0 Å². The highest BCUT2D eigenvalue weighted by Crippen LogP contribution is 2.11. The molecule has 0 radical (unpaired) electrons. The average Bonchev–Trinajstić information content (AvgIpc) is 2.57. The van der Waals surface area contributed by atoms with E-state index in [1.807, 2.05) is 42.5 Å². The molecule has 1 aromatic carbocycles. The SMILES string of the molecule is Cc1c([O-])[n+](C/C=C/c2ccc(Cl)cc2)c2ccccn2c1=O. The molecule has 0 bridgehead atoms. The summed E-state index contributed by atoms with van der Waals surface area (Å²) in [6, 6.07) is 12.8. The fourth-order valence-electron chi connectivity index (χ4n) is 2.45. The van der Waals surface area contributed by atoms with E-state index in [4.69, 9.17) is 11.6 Å². The summed E-state index contributed by atoms with van der Waals surface area (Å²) in [6.45, 7) is 1.94. The number of nitrogens with zero attached hydrogens (tertiary/aromatic N) is 2. The highest BCUT2D eigenvalue weighted by atomic mass is 35.5. The summed E-state index contributed by atoms with van der Waals surface area (Å²) in [7, 11) is 0. The van der Waals surface area contributed by atoms with E-state index in [-0.39, 0.29) is 17.0 Å². The summed E-state index contributed by atoms with van der Waals surface area (Å²) in [5.41, 5.74) is 1.52. The summed E-state index contributed by atoms with van der Waals surface area (Å²) < 4.78 is 3.08. The third-order valence-corrected chi connectivity index (χ3v) is 3.94. The van der Waals surface area contributed by atoms with Crippen molar-refractivity contribution in [3.05, 3.63) is 81.2 Å². The van der Waals surface area contributed by atoms with Gasteiger partial charge in [0, 0.05) is 11.1 Å². The number of aromatic nitrogens is 2. The molecule has 0 atom stereocenters. The van der Waals surface area contributed by atoms with Crippen LogP contribution in [0.15, 0.2) is 59.5 Å². The van der Waals surface area contributed by atoms with Gasteiger partial charge in [-0.2, -0.15) is 4.40 Å². The molecule has 3 rings (SSSR count). The number of pyridine rings is 1. The first kappa shape index (κ1) is 15.3. The maximum atomic E-state index is 12.4. The predicted molar refractivity (Wildman–Crippen MR) is 88.5 cm³/mol. The molecule has 0 saturated heterocycles. The minimum atomic E-state index is -0.275. The van der Waals surface area contributed by atoms with Crippen LogP contribution in [0, 0.1) is 6.92 Å². The van der Waals surface area contributed by atoms with E-state index in [1.54, 1.807) is 29.8 Å². The Bertz CT molecular complexity index is 944. The monoisotopic (exact) mass is 326 g/mol. The van der Waals surface area contributed by atoms with Gasteiger partial charge in [-0.1, -0.05) is 35.9 Å². The molecule has 0 N–H and O–H groups in total. The molecule has 0 aliphatic carbocycles. The van der Waals surface area contributed by atoms with Gasteiger partial charge in [0.05, 0.1) is 17.6 Å². The van der Waals surface area contributed by atoms with Gasteiger partial charge in [-0.3, -0.25) is 0 Å². The molecular weight excluding hydrogens is 312 g/mol. The number of halogens is 1. The van der Waals surface area contributed by atoms with E-state index >= 15 is 0 Å². The van der Waals surface area contributed by atoms with Gasteiger partial charge in [0.1, 0.15) is 6.54 Å². The molecule has 116 valence electrons. The van der Waals surface area contributed by atoms with Crippen molar-refractivity contribution in [2.45, 2.75) is 13.5 Å². The second-order valence-corrected chi connectivity index (χ2v) is 5.67. The smallest absolute Gasteiger partial charge is 0.344 e. The van der Waals surface area contributed by atoms with Gasteiger partial charge in [-0.15, -0.1) is 0 Å². The van der Waals surface area contributed by atoms with Crippen LogP contribution in [-0.4, -0.2) is 4.40 Å². The number of hydrogen-bond acceptors (Lipinski definition) is 2. The molecule has 0 saturated carbocycles. The number of allylic oxidation sites excluding steroid dienone is 1. The first-order valence-electron chi connectivity index (χ1n) is 7.21. The van der Waals surface area contributed by atoms with Crippen LogP contribution in [0.1, 0.15) is 11.1 Å². The molecule has 0 fully saturated rings. The zero-order chi connectivity index (χ0) is 16.4. The van der Waals surface area contributed by atoms with Crippen LogP contribution in [0.5, 0.6) is 5.88 Å². The Hall–Kier alpha value is -2.59. The normalized spacial score (nSPS) is 11.4. The summed E-state index contributed by atoms with van der Waals surface area (Å²) >= 11 is 5.86. The van der Waals surface area contributed by atoms with Gasteiger partial charge in [0.25, 0.3) is 5.65 Å². The summed E-state index contributed by atoms with van der Waals surface area (Å²) in [5, 5.41) is 13.1. The highest BCUT2D eigenvalue weighted by Gasteiger charge is 2.14. The lowest BCUT2D eigenvalue weighted by molar-refractivity contribution is -0.708. The molecule has 0 aliphatic rings. The zero-order valence-electron chi connectivity index (χ0n) is 12.6. The van der Waals surface area contributed by atoms with E-state index in [0.717, 1.165) is 5.56 Å². The Balaban J connectivity index is 2.00. The second-order valence-electron chi connectivity index (χ2n) is 5.23. The fourth-order valence-corrected chi connectivity index (χ4v) is 2.57. The predicted octanol–water partition coefficient (Wildman–Crippen LogP) is 2.34. The quantitative estimate of drug-likeness (QED) is 0.694. The van der Waals surface area contributed by atoms with Crippen molar-refractivity contribution >= 4 is 23.3 Å². The van der Waals surface area contributed by atoms with Gasteiger partial charge < -0.3 is 5.11 Å². The standard InChI is InChI=1S/C18H15ClN2O2/c1-13-17(22)20-11-3-2-6-16(20)21(18(13)23)12-4-5-14-7-9-15(19)10-8-14/h2-11H,12H2,1H3/b5-4+. The van der Waals surface area contributed by atoms with Crippen molar-refractivity contribution in [2.75, 3.05) is 0 Å². The molecule has 4 nitrogen and oxygen atoms in total. The minimum Gasteiger partial charge on any atom is -0.842 e. The molecule has 0 amide bonds. The van der Waals surface area contributed by atoms with Crippen LogP contribution >= 0.6 is 11.6 Å². The van der Waals surface area contributed by atoms with E-state index in [0.29, 0.717) is 17.2 Å². The topological polar surface area (TPSA) is 48.4 Å². The Morgan fingerprint density at radius 1 is 1.22 bits per heavy atom. The first-order valence-corrected chi connectivity index (χ1v) is 7.58. The molecule has 2 aromatic heterocycles. The summed E-state index contributed by atoms with van der Waals surface area (Å²) in [6.07, 6.45) is 5.48. The molecule has 0 spiro atoms. The van der Waals surface area contributed by atoms with Crippen molar-refractivity contribution in [3.8, 4) is 5.88 Å². The molecule has 0 aliphatic heterocycles. The van der Waals surface area contributed by atoms with Gasteiger partial charge >= 0.3 is 5.56 Å². The Kier molecular flexibility index (Phi) is 4.17. The van der Waals surface area contributed by atoms with Gasteiger partial charge in [0.15, 0.2) is 0 Å². The number of hydrogen-bond donors (Lipinski definition) is 0. The summed E-state index contributed by atoms with van der Waals surface area (Å²) in [5.74, 6) is -0.262. The highest BCUT2D eigenvalue weighted by molar-refractivity contribution is 6.30. The third kappa shape index (κ3) is 2.98. The van der Waals surface area contributed by atoms with E-state index in [1.165, 1.54) is 4.40 Å². The van der Waals surface area contributed by atoms with Crippen LogP contribution in [0.4, 0.5) is 0 Å². The first-order chi connectivity index (χ1) is 11.1. The van der Waals surface area contributed by atoms with E-state index in [9.17, 15) is 9.90 Å². The van der Waals surface area contributed by atoms with E-state index < -0.39 is 0 Å². The van der Waals surface area contributed by atoms with Crippen molar-refractivity contribution in [1.82, 2.24) is 4.40 Å². The molecular formula is C18H15ClN2O2. The summed E-state index contributed by atoms with van der Waals surface area (Å²) in [4.78, 5) is 12.1. The van der Waals surface area contributed by atoms with Crippen LogP contribution in [-0.2, 0) is 6.54 Å². The van der Waals surface area contributed by atoms with Crippen molar-refractivity contribution in [1.29, 1.82) is 0 Å². The Morgan fingerprint density at radius 2 is 1.96 bits per heavy atom. The lowest BCUT2D eigenvalue weighted by atomic mass is 10.2. The zero-order valence-corrected chi connectivity index (χ0v) is 13.3. The fraction of sp³-hybridized carbons (Fsp3) is 0.111. The van der Waals surface area contributed by atoms with Gasteiger partial charge in [0.2, 0.25) is 0 Å². The lowest BCUT2D eigenvalue weighted by Gasteiger charge is -2.13. The molecule has 23 heavy (non-hydrogen) atoms. The van der Waals surface area contributed by atoms with Gasteiger partial charge in [-0.25, -0.2) is 9.36 Å². The lowest BCUT2D eigenvalue weighted by Crippen LogP contribution is -2.43. The Morgan fingerprint density at radius 3 is 2.70 bits per heavy atom. The maximum absolute atomic E-state index is 12.4. The second kappa shape index (κ2) is 6.26. The molecule has 3 aromatic rings. The van der Waals surface area contributed by atoms with Crippen LogP contribution in [0.3, 0.4) is 0 Å². The van der Waals surface area contributed by atoms with Crippen LogP contribution in [0.25, 0.3) is 11.7 Å². The maximum Gasteiger partial charge on any atom is 0.344 e. The number of benzene rings is 1. The number of rotatable bonds is 3. The van der Waals surface area contributed by atoms with Gasteiger partial charge in [-0.05, 0) is 36.8 Å². The van der Waals surface area contributed by atoms with E-state index in [2.05, 4.69) is 0 Å². The third-order valence-electron chi connectivity index (χ3n) is 3.69. The average molecular weight is 327 g/mol. The van der Waals surface area contributed by atoms with Crippen molar-refractivity contribution in [3.63, 3.8) is 0 Å².